The van der Waals surface area contributed by atoms with E-state index in [4.69, 9.17) is 5.73 Å². The summed E-state index contributed by atoms with van der Waals surface area (Å²) in [6, 6.07) is 5.00. The fourth-order valence-electron chi connectivity index (χ4n) is 2.60. The molecule has 0 atom stereocenters. The molecule has 0 aromatic heterocycles. The van der Waals surface area contributed by atoms with Gasteiger partial charge in [-0.25, -0.2) is 8.42 Å². The van der Waals surface area contributed by atoms with Crippen LogP contribution in [-0.2, 0) is 9.84 Å². The summed E-state index contributed by atoms with van der Waals surface area (Å²) in [5, 5.41) is 0. The van der Waals surface area contributed by atoms with Crippen molar-refractivity contribution in [3.63, 3.8) is 0 Å². The van der Waals surface area contributed by atoms with Crippen molar-refractivity contribution in [3.05, 3.63) is 23.8 Å². The lowest BCUT2D eigenvalue weighted by molar-refractivity contribution is 0.385. The molecule has 1 aliphatic carbocycles. The van der Waals surface area contributed by atoms with Gasteiger partial charge in [-0.15, -0.1) is 0 Å². The number of benzene rings is 1. The Morgan fingerprint density at radius 1 is 1.22 bits per heavy atom. The van der Waals surface area contributed by atoms with Gasteiger partial charge in [-0.1, -0.05) is 19.3 Å². The molecule has 0 radical (unpaired) electrons. The van der Waals surface area contributed by atoms with Gasteiger partial charge in [-0.2, -0.15) is 0 Å². The fraction of sp³-hybridized carbons (Fsp3) is 0.571. The van der Waals surface area contributed by atoms with Gasteiger partial charge in [0.25, 0.3) is 0 Å². The monoisotopic (exact) mass is 267 g/mol. The van der Waals surface area contributed by atoms with Crippen LogP contribution < -0.4 is 5.73 Å². The molecule has 2 N–H and O–H groups in total. The van der Waals surface area contributed by atoms with Crippen molar-refractivity contribution >= 4 is 15.5 Å². The zero-order valence-electron chi connectivity index (χ0n) is 10.9. The third kappa shape index (κ3) is 3.05. The van der Waals surface area contributed by atoms with Crippen molar-refractivity contribution in [3.8, 4) is 0 Å². The average Bonchev–Trinajstić information content (AvgIpc) is 2.33. The Hall–Kier alpha value is -1.03. The van der Waals surface area contributed by atoms with Gasteiger partial charge in [0, 0.05) is 5.69 Å². The summed E-state index contributed by atoms with van der Waals surface area (Å²) >= 11 is 0. The third-order valence-electron chi connectivity index (χ3n) is 3.78. The maximum Gasteiger partial charge on any atom is 0.178 e. The second-order valence-corrected chi connectivity index (χ2v) is 7.34. The van der Waals surface area contributed by atoms with Crippen LogP contribution in [0.3, 0.4) is 0 Å². The minimum atomic E-state index is -3.15. The van der Waals surface area contributed by atoms with E-state index in [9.17, 15) is 8.42 Å². The number of anilines is 1. The van der Waals surface area contributed by atoms with Crippen LogP contribution in [0.2, 0.25) is 0 Å². The zero-order chi connectivity index (χ0) is 13.2. The molecule has 0 bridgehead atoms. The fourth-order valence-corrected chi connectivity index (χ4v) is 4.38. The molecule has 1 aromatic carbocycles. The molecular formula is C14H21NO2S. The third-order valence-corrected chi connectivity index (χ3v) is 5.66. The Kier molecular flexibility index (Phi) is 3.95. The SMILES string of the molecule is Cc1cc(S(=O)(=O)CC2CCCCC2)ccc1N. The molecule has 0 aliphatic heterocycles. The van der Waals surface area contributed by atoms with Crippen molar-refractivity contribution in [2.45, 2.75) is 43.9 Å². The Bertz CT molecular complexity index is 517. The van der Waals surface area contributed by atoms with Crippen LogP contribution in [0.25, 0.3) is 0 Å². The van der Waals surface area contributed by atoms with Crippen molar-refractivity contribution < 1.29 is 8.42 Å². The van der Waals surface area contributed by atoms with E-state index in [0.29, 0.717) is 16.5 Å². The van der Waals surface area contributed by atoms with Gasteiger partial charge in [0.05, 0.1) is 10.6 Å². The Labute approximate surface area is 109 Å². The Morgan fingerprint density at radius 2 is 1.89 bits per heavy atom. The highest BCUT2D eigenvalue weighted by Gasteiger charge is 2.23. The summed E-state index contributed by atoms with van der Waals surface area (Å²) in [6.07, 6.45) is 5.68. The van der Waals surface area contributed by atoms with Crippen LogP contribution in [0.4, 0.5) is 5.69 Å². The van der Waals surface area contributed by atoms with E-state index in [2.05, 4.69) is 0 Å². The molecule has 0 heterocycles. The molecular weight excluding hydrogens is 246 g/mol. The van der Waals surface area contributed by atoms with E-state index in [1.165, 1.54) is 19.3 Å². The highest BCUT2D eigenvalue weighted by Crippen LogP contribution is 2.27. The van der Waals surface area contributed by atoms with Gasteiger partial charge in [0.1, 0.15) is 0 Å². The first-order valence-corrected chi connectivity index (χ1v) is 8.23. The van der Waals surface area contributed by atoms with Crippen molar-refractivity contribution in [1.29, 1.82) is 0 Å². The summed E-state index contributed by atoms with van der Waals surface area (Å²) in [4.78, 5) is 0.416. The van der Waals surface area contributed by atoms with Gasteiger partial charge in [0.15, 0.2) is 9.84 Å². The lowest BCUT2D eigenvalue weighted by Crippen LogP contribution is -2.19. The molecule has 0 unspecified atom stereocenters. The van der Waals surface area contributed by atoms with Gasteiger partial charge >= 0.3 is 0 Å². The van der Waals surface area contributed by atoms with E-state index in [1.54, 1.807) is 18.2 Å². The molecule has 0 saturated heterocycles. The van der Waals surface area contributed by atoms with Crippen LogP contribution in [0.1, 0.15) is 37.7 Å². The minimum absolute atomic E-state index is 0.288. The number of sulfone groups is 1. The highest BCUT2D eigenvalue weighted by molar-refractivity contribution is 7.91. The van der Waals surface area contributed by atoms with Crippen molar-refractivity contribution in [2.75, 3.05) is 11.5 Å². The summed E-state index contributed by atoms with van der Waals surface area (Å²) in [7, 11) is -3.15. The summed E-state index contributed by atoms with van der Waals surface area (Å²) in [5.41, 5.74) is 7.20. The van der Waals surface area contributed by atoms with Gasteiger partial charge < -0.3 is 5.73 Å². The summed E-state index contributed by atoms with van der Waals surface area (Å²) in [5.74, 6) is 0.623. The zero-order valence-corrected chi connectivity index (χ0v) is 11.7. The first-order valence-electron chi connectivity index (χ1n) is 6.58. The Morgan fingerprint density at radius 3 is 2.50 bits per heavy atom. The molecule has 1 fully saturated rings. The minimum Gasteiger partial charge on any atom is -0.399 e. The molecule has 18 heavy (non-hydrogen) atoms. The maximum atomic E-state index is 12.3. The van der Waals surface area contributed by atoms with Crippen LogP contribution in [0, 0.1) is 12.8 Å². The van der Waals surface area contributed by atoms with Crippen LogP contribution in [-0.4, -0.2) is 14.2 Å². The highest BCUT2D eigenvalue weighted by atomic mass is 32.2. The second kappa shape index (κ2) is 5.31. The standard InChI is InChI=1S/C14H21NO2S/c1-11-9-13(7-8-14(11)15)18(16,17)10-12-5-3-2-4-6-12/h7-9,12H,2-6,10,15H2,1H3. The average molecular weight is 267 g/mol. The molecule has 1 saturated carbocycles. The number of nitrogen functional groups attached to an aromatic ring is 1. The summed E-state index contributed by atoms with van der Waals surface area (Å²) in [6.45, 7) is 1.84. The van der Waals surface area contributed by atoms with Gasteiger partial charge in [-0.3, -0.25) is 0 Å². The van der Waals surface area contributed by atoms with E-state index in [0.717, 1.165) is 18.4 Å². The molecule has 3 nitrogen and oxygen atoms in total. The molecule has 4 heteroatoms. The first kappa shape index (κ1) is 13.4. The maximum absolute atomic E-state index is 12.3. The smallest absolute Gasteiger partial charge is 0.178 e. The van der Waals surface area contributed by atoms with E-state index >= 15 is 0 Å². The van der Waals surface area contributed by atoms with E-state index < -0.39 is 9.84 Å². The summed E-state index contributed by atoms with van der Waals surface area (Å²) < 4.78 is 24.6. The molecule has 0 spiro atoms. The topological polar surface area (TPSA) is 60.2 Å². The second-order valence-electron chi connectivity index (χ2n) is 5.30. The molecule has 100 valence electrons. The number of hydrogen-bond acceptors (Lipinski definition) is 3. The lowest BCUT2D eigenvalue weighted by atomic mass is 9.91. The quantitative estimate of drug-likeness (QED) is 0.857. The van der Waals surface area contributed by atoms with E-state index in [1.807, 2.05) is 6.92 Å². The van der Waals surface area contributed by atoms with Crippen LogP contribution >= 0.6 is 0 Å². The van der Waals surface area contributed by atoms with Gasteiger partial charge in [0.2, 0.25) is 0 Å². The van der Waals surface area contributed by atoms with Crippen LogP contribution in [0.5, 0.6) is 0 Å². The normalized spacial score (nSPS) is 17.8. The number of hydrogen-bond donors (Lipinski definition) is 1. The lowest BCUT2D eigenvalue weighted by Gasteiger charge is -2.21. The molecule has 1 aromatic rings. The van der Waals surface area contributed by atoms with Crippen LogP contribution in [0.15, 0.2) is 23.1 Å². The predicted molar refractivity (Wildman–Crippen MR) is 74.2 cm³/mol. The molecule has 0 amide bonds. The largest absolute Gasteiger partial charge is 0.399 e. The number of rotatable bonds is 3. The van der Waals surface area contributed by atoms with Crippen molar-refractivity contribution in [2.24, 2.45) is 5.92 Å². The number of aryl methyl sites for hydroxylation is 1. The van der Waals surface area contributed by atoms with E-state index in [-0.39, 0.29) is 5.75 Å². The molecule has 1 aliphatic rings. The number of nitrogens with two attached hydrogens (primary N) is 1. The van der Waals surface area contributed by atoms with Crippen molar-refractivity contribution in [1.82, 2.24) is 0 Å². The predicted octanol–water partition coefficient (Wildman–Crippen LogP) is 2.93. The van der Waals surface area contributed by atoms with Gasteiger partial charge in [-0.05, 0) is 49.4 Å². The molecule has 2 rings (SSSR count). The first-order chi connectivity index (χ1) is 8.49. The Balaban J connectivity index is 2.16.